The van der Waals surface area contributed by atoms with Crippen LogP contribution in [0.4, 0.5) is 0 Å². The third-order valence-corrected chi connectivity index (χ3v) is 4.88. The number of para-hydroxylation sites is 2. The van der Waals surface area contributed by atoms with Crippen LogP contribution in [-0.2, 0) is 6.54 Å². The van der Waals surface area contributed by atoms with Crippen LogP contribution in [0, 0.1) is 0 Å². The Labute approximate surface area is 160 Å². The molecule has 0 bridgehead atoms. The molecule has 6 nitrogen and oxygen atoms in total. The van der Waals surface area contributed by atoms with E-state index in [4.69, 9.17) is 9.47 Å². The van der Waals surface area contributed by atoms with E-state index in [0.717, 1.165) is 24.0 Å². The van der Waals surface area contributed by atoms with Crippen molar-refractivity contribution in [2.24, 2.45) is 0 Å². The average Bonchev–Trinajstić information content (AvgIpc) is 3.08. The van der Waals surface area contributed by atoms with Crippen molar-refractivity contribution in [2.75, 3.05) is 20.8 Å². The summed E-state index contributed by atoms with van der Waals surface area (Å²) in [4.78, 5) is 16.8. The highest BCUT2D eigenvalue weighted by molar-refractivity contribution is 9.10. The molecule has 0 saturated carbocycles. The number of rotatable bonds is 7. The molecular weight excluding hydrogens is 398 g/mol. The molecular formula is C19H20BrN3O3. The third-order valence-electron chi connectivity index (χ3n) is 4.10. The molecule has 0 unspecified atom stereocenters. The molecule has 3 aromatic rings. The SMILES string of the molecule is COc1cc(C(=O)NCCCn2cnc3ccccc32)cc(OC)c1Br. The van der Waals surface area contributed by atoms with E-state index in [1.165, 1.54) is 0 Å². The maximum atomic E-state index is 12.4. The van der Waals surface area contributed by atoms with Crippen molar-refractivity contribution in [1.29, 1.82) is 0 Å². The van der Waals surface area contributed by atoms with E-state index in [0.29, 0.717) is 28.1 Å². The van der Waals surface area contributed by atoms with Crippen molar-refractivity contribution in [3.63, 3.8) is 0 Å². The minimum Gasteiger partial charge on any atom is -0.495 e. The molecule has 0 spiro atoms. The van der Waals surface area contributed by atoms with E-state index in [1.807, 2.05) is 30.6 Å². The monoisotopic (exact) mass is 417 g/mol. The molecule has 1 aromatic heterocycles. The molecule has 0 aliphatic rings. The Kier molecular flexibility index (Phi) is 5.78. The van der Waals surface area contributed by atoms with Crippen LogP contribution in [0.3, 0.4) is 0 Å². The molecule has 26 heavy (non-hydrogen) atoms. The second kappa shape index (κ2) is 8.23. The molecule has 2 aromatic carbocycles. The van der Waals surface area contributed by atoms with Crippen LogP contribution < -0.4 is 14.8 Å². The van der Waals surface area contributed by atoms with Gasteiger partial charge in [0.2, 0.25) is 0 Å². The van der Waals surface area contributed by atoms with Gasteiger partial charge in [-0.15, -0.1) is 0 Å². The first-order chi connectivity index (χ1) is 12.6. The Morgan fingerprint density at radius 2 is 1.88 bits per heavy atom. The predicted molar refractivity (Wildman–Crippen MR) is 104 cm³/mol. The quantitative estimate of drug-likeness (QED) is 0.596. The summed E-state index contributed by atoms with van der Waals surface area (Å²) in [7, 11) is 3.10. The number of aromatic nitrogens is 2. The van der Waals surface area contributed by atoms with Crippen LogP contribution in [0.5, 0.6) is 11.5 Å². The molecule has 1 heterocycles. The van der Waals surface area contributed by atoms with Crippen molar-refractivity contribution in [3.8, 4) is 11.5 Å². The zero-order valence-corrected chi connectivity index (χ0v) is 16.2. The first-order valence-corrected chi connectivity index (χ1v) is 9.03. The van der Waals surface area contributed by atoms with Gasteiger partial charge in [-0.3, -0.25) is 4.79 Å². The van der Waals surface area contributed by atoms with Crippen molar-refractivity contribution in [3.05, 3.63) is 52.8 Å². The number of hydrogen-bond acceptors (Lipinski definition) is 4. The van der Waals surface area contributed by atoms with E-state index >= 15 is 0 Å². The molecule has 1 amide bonds. The number of nitrogens with zero attached hydrogens (tertiary/aromatic N) is 2. The van der Waals surface area contributed by atoms with E-state index in [2.05, 4.69) is 30.8 Å². The fraction of sp³-hybridized carbons (Fsp3) is 0.263. The lowest BCUT2D eigenvalue weighted by molar-refractivity contribution is 0.0952. The fourth-order valence-corrected chi connectivity index (χ4v) is 3.29. The lowest BCUT2D eigenvalue weighted by Gasteiger charge is -2.12. The summed E-state index contributed by atoms with van der Waals surface area (Å²) in [6, 6.07) is 11.4. The van der Waals surface area contributed by atoms with Crippen LogP contribution in [0.1, 0.15) is 16.8 Å². The predicted octanol–water partition coefficient (Wildman–Crippen LogP) is 3.64. The lowest BCUT2D eigenvalue weighted by Crippen LogP contribution is -2.25. The van der Waals surface area contributed by atoms with Gasteiger partial charge in [-0.1, -0.05) is 12.1 Å². The molecule has 7 heteroatoms. The van der Waals surface area contributed by atoms with Gasteiger partial charge in [0.1, 0.15) is 16.0 Å². The Bertz CT molecular complexity index is 898. The van der Waals surface area contributed by atoms with Crippen molar-refractivity contribution in [2.45, 2.75) is 13.0 Å². The summed E-state index contributed by atoms with van der Waals surface area (Å²) in [6.45, 7) is 1.35. The largest absolute Gasteiger partial charge is 0.495 e. The van der Waals surface area contributed by atoms with Gasteiger partial charge in [0.25, 0.3) is 5.91 Å². The van der Waals surface area contributed by atoms with Crippen molar-refractivity contribution < 1.29 is 14.3 Å². The van der Waals surface area contributed by atoms with Gasteiger partial charge in [-0.05, 0) is 46.6 Å². The standard InChI is InChI=1S/C19H20BrN3O3/c1-25-16-10-13(11-17(26-2)18(16)20)19(24)21-8-5-9-23-12-22-14-6-3-4-7-15(14)23/h3-4,6-7,10-12H,5,8-9H2,1-2H3,(H,21,24). The van der Waals surface area contributed by atoms with Crippen molar-refractivity contribution >= 4 is 32.9 Å². The number of benzene rings is 2. The topological polar surface area (TPSA) is 65.4 Å². The number of ether oxygens (including phenoxy) is 2. The lowest BCUT2D eigenvalue weighted by atomic mass is 10.2. The second-order valence-corrected chi connectivity index (χ2v) is 6.52. The summed E-state index contributed by atoms with van der Waals surface area (Å²) >= 11 is 3.40. The average molecular weight is 418 g/mol. The van der Waals surface area contributed by atoms with E-state index < -0.39 is 0 Å². The van der Waals surface area contributed by atoms with Crippen LogP contribution in [0.15, 0.2) is 47.2 Å². The normalized spacial score (nSPS) is 10.7. The maximum Gasteiger partial charge on any atom is 0.251 e. The summed E-state index contributed by atoms with van der Waals surface area (Å²) in [5, 5.41) is 2.93. The van der Waals surface area contributed by atoms with E-state index in [-0.39, 0.29) is 5.91 Å². The first kappa shape index (κ1) is 18.3. The van der Waals surface area contributed by atoms with Gasteiger partial charge in [0, 0.05) is 18.7 Å². The highest BCUT2D eigenvalue weighted by Crippen LogP contribution is 2.35. The van der Waals surface area contributed by atoms with Crippen LogP contribution in [0.2, 0.25) is 0 Å². The van der Waals surface area contributed by atoms with Gasteiger partial charge in [-0.2, -0.15) is 0 Å². The number of fused-ring (bicyclic) bond motifs is 1. The van der Waals surface area contributed by atoms with Gasteiger partial charge in [-0.25, -0.2) is 4.98 Å². The number of amides is 1. The molecule has 136 valence electrons. The minimum atomic E-state index is -0.162. The summed E-state index contributed by atoms with van der Waals surface area (Å²) in [5.41, 5.74) is 2.57. The highest BCUT2D eigenvalue weighted by atomic mass is 79.9. The molecule has 3 rings (SSSR count). The van der Waals surface area contributed by atoms with Gasteiger partial charge in [0.05, 0.1) is 31.6 Å². The zero-order valence-electron chi connectivity index (χ0n) is 14.7. The Morgan fingerprint density at radius 3 is 2.58 bits per heavy atom. The molecule has 0 radical (unpaired) electrons. The van der Waals surface area contributed by atoms with E-state index in [9.17, 15) is 4.79 Å². The van der Waals surface area contributed by atoms with Gasteiger partial charge < -0.3 is 19.4 Å². The summed E-state index contributed by atoms with van der Waals surface area (Å²) in [5.74, 6) is 0.948. The zero-order chi connectivity index (χ0) is 18.5. The molecule has 0 aliphatic heterocycles. The summed E-state index contributed by atoms with van der Waals surface area (Å²) < 4.78 is 13.3. The number of aryl methyl sites for hydroxylation is 1. The van der Waals surface area contributed by atoms with Crippen LogP contribution in [0.25, 0.3) is 11.0 Å². The number of carbonyl (C=O) groups is 1. The number of carbonyl (C=O) groups excluding carboxylic acids is 1. The molecule has 0 atom stereocenters. The number of halogens is 1. The van der Waals surface area contributed by atoms with Crippen LogP contribution >= 0.6 is 15.9 Å². The number of hydrogen-bond donors (Lipinski definition) is 1. The van der Waals surface area contributed by atoms with E-state index in [1.54, 1.807) is 26.4 Å². The van der Waals surface area contributed by atoms with Crippen LogP contribution in [-0.4, -0.2) is 36.2 Å². The second-order valence-electron chi connectivity index (χ2n) is 5.73. The molecule has 0 fully saturated rings. The summed E-state index contributed by atoms with van der Waals surface area (Å²) in [6.07, 6.45) is 2.63. The Balaban J connectivity index is 1.59. The molecule has 1 N–H and O–H groups in total. The molecule has 0 saturated heterocycles. The fourth-order valence-electron chi connectivity index (χ4n) is 2.74. The minimum absolute atomic E-state index is 0.162. The maximum absolute atomic E-state index is 12.4. The highest BCUT2D eigenvalue weighted by Gasteiger charge is 2.14. The Morgan fingerprint density at radius 1 is 1.19 bits per heavy atom. The smallest absolute Gasteiger partial charge is 0.251 e. The van der Waals surface area contributed by atoms with Gasteiger partial charge >= 0.3 is 0 Å². The number of imidazole rings is 1. The van der Waals surface area contributed by atoms with Crippen molar-refractivity contribution in [1.82, 2.24) is 14.9 Å². The number of nitrogens with one attached hydrogen (secondary N) is 1. The first-order valence-electron chi connectivity index (χ1n) is 8.23. The van der Waals surface area contributed by atoms with Gasteiger partial charge in [0.15, 0.2) is 0 Å². The number of methoxy groups -OCH3 is 2. The third kappa shape index (κ3) is 3.83. The Hall–Kier alpha value is -2.54. The molecule has 0 aliphatic carbocycles.